The molecule has 1 aliphatic heterocycles. The van der Waals surface area contributed by atoms with Gasteiger partial charge in [0.1, 0.15) is 0 Å². The number of halogens is 1. The predicted molar refractivity (Wildman–Crippen MR) is 69.0 cm³/mol. The van der Waals surface area contributed by atoms with Crippen LogP contribution in [0.4, 0.5) is 0 Å². The molecule has 1 aromatic rings. The van der Waals surface area contributed by atoms with Gasteiger partial charge < -0.3 is 5.32 Å². The number of aromatic nitrogens is 1. The van der Waals surface area contributed by atoms with Gasteiger partial charge in [0.05, 0.1) is 0 Å². The van der Waals surface area contributed by atoms with Gasteiger partial charge in [-0.1, -0.05) is 6.08 Å². The van der Waals surface area contributed by atoms with Crippen LogP contribution in [0, 0.1) is 5.92 Å². The van der Waals surface area contributed by atoms with Crippen LogP contribution in [-0.4, -0.2) is 17.6 Å². The smallest absolute Gasteiger partial charge is 0.0410 e. The van der Waals surface area contributed by atoms with Crippen molar-refractivity contribution in [3.8, 4) is 0 Å². The average Bonchev–Trinajstić information content (AvgIpc) is 2.72. The van der Waals surface area contributed by atoms with Gasteiger partial charge in [-0.15, -0.1) is 0 Å². The van der Waals surface area contributed by atoms with Crippen LogP contribution in [-0.2, 0) is 0 Å². The first-order valence-electron chi connectivity index (χ1n) is 5.89. The zero-order valence-electron chi connectivity index (χ0n) is 9.12. The third kappa shape index (κ3) is 1.82. The van der Waals surface area contributed by atoms with E-state index in [-0.39, 0.29) is 0 Å². The molecule has 3 heteroatoms. The van der Waals surface area contributed by atoms with Crippen molar-refractivity contribution in [1.29, 1.82) is 0 Å². The number of allylic oxidation sites excluding steroid dienone is 1. The highest BCUT2D eigenvalue weighted by molar-refractivity contribution is 9.10. The molecule has 84 valence electrons. The van der Waals surface area contributed by atoms with Crippen molar-refractivity contribution in [1.82, 2.24) is 10.3 Å². The Morgan fingerprint density at radius 2 is 2.31 bits per heavy atom. The van der Waals surface area contributed by atoms with E-state index in [9.17, 15) is 0 Å². The predicted octanol–water partition coefficient (Wildman–Crippen LogP) is 3.00. The maximum absolute atomic E-state index is 4.25. The van der Waals surface area contributed by atoms with Gasteiger partial charge in [-0.05, 0) is 64.9 Å². The lowest BCUT2D eigenvalue weighted by Crippen LogP contribution is -2.39. The van der Waals surface area contributed by atoms with Crippen LogP contribution in [0.1, 0.15) is 24.8 Å². The minimum absolute atomic E-state index is 0.560. The van der Waals surface area contributed by atoms with Crippen molar-refractivity contribution < 1.29 is 0 Å². The lowest BCUT2D eigenvalue weighted by molar-refractivity contribution is 0.346. The Morgan fingerprint density at radius 1 is 1.38 bits per heavy atom. The quantitative estimate of drug-likeness (QED) is 0.854. The Balaban J connectivity index is 1.90. The van der Waals surface area contributed by atoms with Gasteiger partial charge >= 0.3 is 0 Å². The minimum Gasteiger partial charge on any atom is -0.310 e. The number of hydrogen-bond acceptors (Lipinski definition) is 2. The van der Waals surface area contributed by atoms with E-state index in [1.54, 1.807) is 0 Å². The summed E-state index contributed by atoms with van der Waals surface area (Å²) in [5, 5.41) is 3.64. The zero-order valence-corrected chi connectivity index (χ0v) is 10.7. The van der Waals surface area contributed by atoms with E-state index in [0.717, 1.165) is 16.9 Å². The van der Waals surface area contributed by atoms with Crippen molar-refractivity contribution in [2.24, 2.45) is 5.92 Å². The van der Waals surface area contributed by atoms with Crippen molar-refractivity contribution in [3.05, 3.63) is 34.6 Å². The molecule has 16 heavy (non-hydrogen) atoms. The molecule has 0 amide bonds. The second kappa shape index (κ2) is 4.30. The standard InChI is InChI=1S/C13H15BrN2/c14-11-6-10(7-15-8-11)12-4-3-9-2-1-5-16-13(9)12/h4,6-9,13,16H,1-3,5H2. The third-order valence-corrected chi connectivity index (χ3v) is 4.03. The molecule has 2 unspecified atom stereocenters. The normalized spacial score (nSPS) is 28.7. The van der Waals surface area contributed by atoms with Crippen LogP contribution in [0.3, 0.4) is 0 Å². The summed E-state index contributed by atoms with van der Waals surface area (Å²) in [7, 11) is 0. The summed E-state index contributed by atoms with van der Waals surface area (Å²) in [6, 6.07) is 2.72. The lowest BCUT2D eigenvalue weighted by Gasteiger charge is -2.29. The number of nitrogens with zero attached hydrogens (tertiary/aromatic N) is 1. The molecule has 1 N–H and O–H groups in total. The Labute approximate surface area is 104 Å². The fraction of sp³-hybridized carbons (Fsp3) is 0.462. The van der Waals surface area contributed by atoms with Gasteiger partial charge in [-0.2, -0.15) is 0 Å². The highest BCUT2D eigenvalue weighted by Crippen LogP contribution is 2.37. The molecular weight excluding hydrogens is 264 g/mol. The molecule has 1 aliphatic carbocycles. The molecule has 0 aromatic carbocycles. The minimum atomic E-state index is 0.560. The molecule has 0 saturated carbocycles. The molecule has 0 radical (unpaired) electrons. The fourth-order valence-electron chi connectivity index (χ4n) is 2.85. The Hall–Kier alpha value is -0.670. The van der Waals surface area contributed by atoms with E-state index in [4.69, 9.17) is 0 Å². The Morgan fingerprint density at radius 3 is 3.19 bits per heavy atom. The first-order valence-corrected chi connectivity index (χ1v) is 6.68. The number of piperidine rings is 1. The van der Waals surface area contributed by atoms with Crippen molar-refractivity contribution in [2.75, 3.05) is 6.54 Å². The van der Waals surface area contributed by atoms with Gasteiger partial charge in [0, 0.05) is 22.9 Å². The zero-order chi connectivity index (χ0) is 11.0. The molecule has 2 aliphatic rings. The first kappa shape index (κ1) is 10.5. The molecule has 0 bridgehead atoms. The summed E-state index contributed by atoms with van der Waals surface area (Å²) < 4.78 is 1.06. The molecule has 2 nitrogen and oxygen atoms in total. The SMILES string of the molecule is Brc1cncc(C2=CCC3CCCNC23)c1. The van der Waals surface area contributed by atoms with Gasteiger partial charge in [0.25, 0.3) is 0 Å². The summed E-state index contributed by atoms with van der Waals surface area (Å²) in [6.07, 6.45) is 10.1. The average molecular weight is 279 g/mol. The monoisotopic (exact) mass is 278 g/mol. The number of pyridine rings is 1. The molecule has 0 spiro atoms. The maximum atomic E-state index is 4.25. The van der Waals surface area contributed by atoms with E-state index in [1.807, 2.05) is 12.4 Å². The van der Waals surface area contributed by atoms with Crippen LogP contribution in [0.15, 0.2) is 29.0 Å². The summed E-state index contributed by atoms with van der Waals surface area (Å²) in [4.78, 5) is 4.25. The van der Waals surface area contributed by atoms with Crippen LogP contribution in [0.5, 0.6) is 0 Å². The Bertz CT molecular complexity index is 428. The molecule has 1 fully saturated rings. The van der Waals surface area contributed by atoms with Gasteiger partial charge in [0.15, 0.2) is 0 Å². The number of hydrogen-bond donors (Lipinski definition) is 1. The second-order valence-electron chi connectivity index (χ2n) is 4.62. The van der Waals surface area contributed by atoms with Crippen molar-refractivity contribution in [2.45, 2.75) is 25.3 Å². The maximum Gasteiger partial charge on any atom is 0.0410 e. The largest absolute Gasteiger partial charge is 0.310 e. The molecule has 3 rings (SSSR count). The third-order valence-electron chi connectivity index (χ3n) is 3.60. The van der Waals surface area contributed by atoms with Gasteiger partial charge in [0.2, 0.25) is 0 Å². The Kier molecular flexibility index (Phi) is 2.82. The summed E-state index contributed by atoms with van der Waals surface area (Å²) in [5.74, 6) is 0.808. The van der Waals surface area contributed by atoms with Crippen LogP contribution >= 0.6 is 15.9 Å². The molecular formula is C13H15BrN2. The number of fused-ring (bicyclic) bond motifs is 1. The number of rotatable bonds is 1. The van der Waals surface area contributed by atoms with E-state index < -0.39 is 0 Å². The topological polar surface area (TPSA) is 24.9 Å². The highest BCUT2D eigenvalue weighted by Gasteiger charge is 2.32. The van der Waals surface area contributed by atoms with E-state index in [2.05, 4.69) is 38.4 Å². The van der Waals surface area contributed by atoms with Gasteiger partial charge in [-0.25, -0.2) is 0 Å². The fourth-order valence-corrected chi connectivity index (χ4v) is 3.21. The summed E-state index contributed by atoms with van der Waals surface area (Å²) >= 11 is 3.49. The molecule has 1 saturated heterocycles. The van der Waals surface area contributed by atoms with E-state index >= 15 is 0 Å². The second-order valence-corrected chi connectivity index (χ2v) is 5.54. The van der Waals surface area contributed by atoms with E-state index in [1.165, 1.54) is 30.4 Å². The molecule has 2 heterocycles. The van der Waals surface area contributed by atoms with E-state index in [0.29, 0.717) is 6.04 Å². The highest BCUT2D eigenvalue weighted by atomic mass is 79.9. The number of nitrogens with one attached hydrogen (secondary N) is 1. The van der Waals surface area contributed by atoms with Crippen molar-refractivity contribution in [3.63, 3.8) is 0 Å². The first-order chi connectivity index (χ1) is 7.84. The van der Waals surface area contributed by atoms with Crippen LogP contribution in [0.2, 0.25) is 0 Å². The van der Waals surface area contributed by atoms with Crippen molar-refractivity contribution >= 4 is 21.5 Å². The van der Waals surface area contributed by atoms with Crippen LogP contribution < -0.4 is 5.32 Å². The lowest BCUT2D eigenvalue weighted by atomic mass is 9.89. The molecule has 1 aromatic heterocycles. The van der Waals surface area contributed by atoms with Gasteiger partial charge in [-0.3, -0.25) is 4.98 Å². The van der Waals surface area contributed by atoms with Crippen LogP contribution in [0.25, 0.3) is 5.57 Å². The summed E-state index contributed by atoms with van der Waals surface area (Å²) in [6.45, 7) is 1.15. The molecule has 2 atom stereocenters. The summed E-state index contributed by atoms with van der Waals surface area (Å²) in [5.41, 5.74) is 2.70.